The number of hydrogen-bond acceptors (Lipinski definition) is 5. The Kier molecular flexibility index (Phi) is 4.90. The quantitative estimate of drug-likeness (QED) is 0.699. The molecule has 1 aromatic heterocycles. The third kappa shape index (κ3) is 4.98. The molecule has 0 spiro atoms. The highest BCUT2D eigenvalue weighted by molar-refractivity contribution is 5.08. The average molecular weight is 250 g/mol. The second-order valence-corrected chi connectivity index (χ2v) is 5.01. The molecule has 2 rings (SSSR count). The maximum atomic E-state index is 5.59. The van der Waals surface area contributed by atoms with Gasteiger partial charge in [-0.15, -0.1) is 0 Å². The van der Waals surface area contributed by atoms with Gasteiger partial charge in [0, 0.05) is 25.3 Å². The van der Waals surface area contributed by atoms with Crippen molar-refractivity contribution in [2.45, 2.75) is 31.8 Å². The fraction of sp³-hybridized carbons (Fsp3) is 0.692. The first kappa shape index (κ1) is 13.2. The molecule has 1 N–H and O–H groups in total. The Hall–Kier alpha value is -1.20. The number of aromatic nitrogens is 2. The van der Waals surface area contributed by atoms with Gasteiger partial charge in [0.25, 0.3) is 0 Å². The number of hydrogen-bond donors (Lipinski definition) is 1. The fourth-order valence-electron chi connectivity index (χ4n) is 1.63. The van der Waals surface area contributed by atoms with E-state index >= 15 is 0 Å². The van der Waals surface area contributed by atoms with Crippen molar-refractivity contribution in [3.8, 4) is 5.88 Å². The minimum Gasteiger partial charge on any atom is -0.477 e. The van der Waals surface area contributed by atoms with Gasteiger partial charge in [-0.1, -0.05) is 0 Å². The Balaban J connectivity index is 1.71. The summed E-state index contributed by atoms with van der Waals surface area (Å²) in [5.74, 6) is 0.629. The summed E-state index contributed by atoms with van der Waals surface area (Å²) < 4.78 is 5.59. The van der Waals surface area contributed by atoms with Gasteiger partial charge in [0.05, 0.1) is 18.5 Å². The average Bonchev–Trinajstić information content (AvgIpc) is 3.17. The minimum absolute atomic E-state index is 0.629. The van der Waals surface area contributed by atoms with Gasteiger partial charge in [0.15, 0.2) is 0 Å². The molecule has 18 heavy (non-hydrogen) atoms. The predicted octanol–water partition coefficient (Wildman–Crippen LogP) is 1.06. The fourth-order valence-corrected chi connectivity index (χ4v) is 1.63. The smallest absolute Gasteiger partial charge is 0.232 e. The second kappa shape index (κ2) is 6.66. The number of rotatable bonds is 8. The molecule has 1 heterocycles. The van der Waals surface area contributed by atoms with E-state index in [1.807, 2.05) is 0 Å². The molecule has 1 fully saturated rings. The van der Waals surface area contributed by atoms with Crippen LogP contribution in [0.4, 0.5) is 0 Å². The lowest BCUT2D eigenvalue weighted by Gasteiger charge is -2.10. The molecule has 100 valence electrons. The molecule has 0 radical (unpaired) electrons. The van der Waals surface area contributed by atoms with E-state index in [1.54, 1.807) is 12.4 Å². The highest BCUT2D eigenvalue weighted by Crippen LogP contribution is 2.19. The molecule has 0 saturated heterocycles. The molecule has 0 atom stereocenters. The van der Waals surface area contributed by atoms with Crippen LogP contribution in [0.1, 0.15) is 25.0 Å². The van der Waals surface area contributed by atoms with Crippen LogP contribution in [0.5, 0.6) is 5.88 Å². The van der Waals surface area contributed by atoms with Crippen LogP contribution in [-0.4, -0.2) is 48.2 Å². The summed E-state index contributed by atoms with van der Waals surface area (Å²) in [6.07, 6.45) is 7.04. The molecule has 0 aromatic carbocycles. The lowest BCUT2D eigenvalue weighted by atomic mass is 10.4. The minimum atomic E-state index is 0.629. The second-order valence-electron chi connectivity index (χ2n) is 5.01. The Bertz CT molecular complexity index is 366. The van der Waals surface area contributed by atoms with Crippen molar-refractivity contribution in [2.75, 3.05) is 27.2 Å². The van der Waals surface area contributed by atoms with E-state index in [4.69, 9.17) is 4.74 Å². The predicted molar refractivity (Wildman–Crippen MR) is 70.6 cm³/mol. The monoisotopic (exact) mass is 250 g/mol. The van der Waals surface area contributed by atoms with E-state index < -0.39 is 0 Å². The van der Waals surface area contributed by atoms with Crippen LogP contribution in [0.2, 0.25) is 0 Å². The molecule has 1 saturated carbocycles. The molecule has 1 aromatic rings. The van der Waals surface area contributed by atoms with Gasteiger partial charge >= 0.3 is 0 Å². The van der Waals surface area contributed by atoms with Gasteiger partial charge in [0.2, 0.25) is 5.88 Å². The van der Waals surface area contributed by atoms with Crippen molar-refractivity contribution < 1.29 is 4.74 Å². The van der Waals surface area contributed by atoms with Crippen molar-refractivity contribution in [1.29, 1.82) is 0 Å². The van der Waals surface area contributed by atoms with Gasteiger partial charge in [-0.25, -0.2) is 4.98 Å². The van der Waals surface area contributed by atoms with Crippen LogP contribution in [0, 0.1) is 0 Å². The van der Waals surface area contributed by atoms with Crippen LogP contribution in [-0.2, 0) is 6.54 Å². The van der Waals surface area contributed by atoms with Crippen molar-refractivity contribution in [1.82, 2.24) is 20.2 Å². The zero-order valence-electron chi connectivity index (χ0n) is 11.2. The Morgan fingerprint density at radius 3 is 2.94 bits per heavy atom. The lowest BCUT2D eigenvalue weighted by molar-refractivity contribution is 0.271. The van der Waals surface area contributed by atoms with Crippen LogP contribution >= 0.6 is 0 Å². The van der Waals surface area contributed by atoms with E-state index in [-0.39, 0.29) is 0 Å². The van der Waals surface area contributed by atoms with Crippen molar-refractivity contribution in [3.63, 3.8) is 0 Å². The van der Waals surface area contributed by atoms with Gasteiger partial charge in [-0.2, -0.15) is 0 Å². The summed E-state index contributed by atoms with van der Waals surface area (Å²) >= 11 is 0. The zero-order chi connectivity index (χ0) is 12.8. The van der Waals surface area contributed by atoms with E-state index in [1.165, 1.54) is 12.8 Å². The summed E-state index contributed by atoms with van der Waals surface area (Å²) in [7, 11) is 4.12. The lowest BCUT2D eigenvalue weighted by Crippen LogP contribution is -2.17. The molecule has 5 nitrogen and oxygen atoms in total. The van der Waals surface area contributed by atoms with E-state index in [2.05, 4.69) is 34.3 Å². The third-order valence-corrected chi connectivity index (χ3v) is 2.81. The van der Waals surface area contributed by atoms with Gasteiger partial charge < -0.3 is 15.0 Å². The van der Waals surface area contributed by atoms with E-state index in [0.717, 1.165) is 25.2 Å². The topological polar surface area (TPSA) is 50.3 Å². The summed E-state index contributed by atoms with van der Waals surface area (Å²) in [5.41, 5.74) is 0.951. The Morgan fingerprint density at radius 2 is 2.22 bits per heavy atom. The molecule has 0 bridgehead atoms. The van der Waals surface area contributed by atoms with E-state index in [9.17, 15) is 0 Å². The van der Waals surface area contributed by atoms with Crippen molar-refractivity contribution in [3.05, 3.63) is 18.1 Å². The molecule has 0 unspecified atom stereocenters. The summed E-state index contributed by atoms with van der Waals surface area (Å²) in [5, 5.41) is 3.42. The van der Waals surface area contributed by atoms with Crippen molar-refractivity contribution >= 4 is 0 Å². The van der Waals surface area contributed by atoms with Crippen LogP contribution in [0.15, 0.2) is 12.4 Å². The number of nitrogens with zero attached hydrogens (tertiary/aromatic N) is 3. The van der Waals surface area contributed by atoms with E-state index in [0.29, 0.717) is 18.5 Å². The van der Waals surface area contributed by atoms with Crippen LogP contribution in [0.25, 0.3) is 0 Å². The van der Waals surface area contributed by atoms with Crippen LogP contribution < -0.4 is 10.1 Å². The summed E-state index contributed by atoms with van der Waals surface area (Å²) in [6, 6.07) is 0.691. The highest BCUT2D eigenvalue weighted by atomic mass is 16.5. The third-order valence-electron chi connectivity index (χ3n) is 2.81. The molecule has 0 aliphatic heterocycles. The maximum Gasteiger partial charge on any atom is 0.232 e. The van der Waals surface area contributed by atoms with Crippen LogP contribution in [0.3, 0.4) is 0 Å². The van der Waals surface area contributed by atoms with Gasteiger partial charge in [0.1, 0.15) is 0 Å². The SMILES string of the molecule is CN(C)CCCOc1cncc(CNC2CC2)n1. The first-order valence-electron chi connectivity index (χ1n) is 6.56. The molecule has 1 aliphatic rings. The summed E-state index contributed by atoms with van der Waals surface area (Å²) in [6.45, 7) is 2.50. The molecule has 1 aliphatic carbocycles. The Labute approximate surface area is 109 Å². The standard InChI is InChI=1S/C13H22N4O/c1-17(2)6-3-7-18-13-10-14-8-12(16-13)9-15-11-4-5-11/h8,10-11,15H,3-7,9H2,1-2H3. The van der Waals surface area contributed by atoms with Gasteiger partial charge in [-0.3, -0.25) is 4.98 Å². The first-order chi connectivity index (χ1) is 8.74. The van der Waals surface area contributed by atoms with Gasteiger partial charge in [-0.05, 0) is 33.4 Å². The zero-order valence-corrected chi connectivity index (χ0v) is 11.2. The first-order valence-corrected chi connectivity index (χ1v) is 6.56. The number of ether oxygens (including phenoxy) is 1. The molecule has 5 heteroatoms. The van der Waals surface area contributed by atoms with Crippen molar-refractivity contribution in [2.24, 2.45) is 0 Å². The molecule has 0 amide bonds. The largest absolute Gasteiger partial charge is 0.477 e. The molecular weight excluding hydrogens is 228 g/mol. The highest BCUT2D eigenvalue weighted by Gasteiger charge is 2.20. The maximum absolute atomic E-state index is 5.59. The summed E-state index contributed by atoms with van der Waals surface area (Å²) in [4.78, 5) is 10.7. The molecular formula is C13H22N4O. The normalized spacial score (nSPS) is 15.1. The Morgan fingerprint density at radius 1 is 1.39 bits per heavy atom. The number of nitrogens with one attached hydrogen (secondary N) is 1.